The highest BCUT2D eigenvalue weighted by Gasteiger charge is 2.20. The number of hydrogen-bond acceptors (Lipinski definition) is 2. The van der Waals surface area contributed by atoms with Gasteiger partial charge in [0.1, 0.15) is 0 Å². The van der Waals surface area contributed by atoms with Gasteiger partial charge in [-0.2, -0.15) is 0 Å². The Balaban J connectivity index is 1.72. The zero-order valence-electron chi connectivity index (χ0n) is 14.3. The Morgan fingerprint density at radius 2 is 1.67 bits per heavy atom. The molecule has 1 aliphatic rings. The van der Waals surface area contributed by atoms with Gasteiger partial charge < -0.3 is 4.90 Å². The first-order valence-corrected chi connectivity index (χ1v) is 9.00. The van der Waals surface area contributed by atoms with Crippen LogP contribution < -0.4 is 4.90 Å². The summed E-state index contributed by atoms with van der Waals surface area (Å²) in [6.45, 7) is 0. The Morgan fingerprint density at radius 1 is 0.875 bits per heavy atom. The first-order valence-electron chi connectivity index (χ1n) is 9.00. The molecule has 0 bridgehead atoms. The second-order valence-electron chi connectivity index (χ2n) is 6.84. The van der Waals surface area contributed by atoms with Crippen LogP contribution in [0.4, 0.5) is 5.69 Å². The van der Waals surface area contributed by atoms with E-state index in [2.05, 4.69) is 66.5 Å². The van der Waals surface area contributed by atoms with Crippen LogP contribution in [0.15, 0.2) is 60.8 Å². The van der Waals surface area contributed by atoms with E-state index in [1.165, 1.54) is 54.3 Å². The van der Waals surface area contributed by atoms with E-state index in [1.807, 2.05) is 6.20 Å². The summed E-state index contributed by atoms with van der Waals surface area (Å²) in [6.07, 6.45) is 8.70. The topological polar surface area (TPSA) is 16.1 Å². The maximum Gasteiger partial charge on any atom is 0.0935 e. The van der Waals surface area contributed by atoms with Gasteiger partial charge >= 0.3 is 0 Å². The number of hydrogen-bond donors (Lipinski definition) is 0. The molecule has 1 aromatic heterocycles. The number of benzene rings is 2. The summed E-state index contributed by atoms with van der Waals surface area (Å²) in [6, 6.07) is 19.9. The van der Waals surface area contributed by atoms with Crippen LogP contribution in [0.2, 0.25) is 0 Å². The smallest absolute Gasteiger partial charge is 0.0935 e. The molecule has 2 heteroatoms. The fourth-order valence-electron chi connectivity index (χ4n) is 3.88. The van der Waals surface area contributed by atoms with E-state index in [-0.39, 0.29) is 0 Å². The third kappa shape index (κ3) is 2.89. The minimum absolute atomic E-state index is 0.653. The average molecular weight is 316 g/mol. The molecule has 122 valence electrons. The second kappa shape index (κ2) is 6.64. The standard InChI is InChI=1S/C22H24N2/c1-24(20-12-6-3-7-13-20)21-14-8-11-18-15-19(16-23-22(18)21)17-9-4-2-5-10-17/h2,4-5,8-11,14-16,20H,3,6-7,12-13H2,1H3. The van der Waals surface area contributed by atoms with Crippen molar-refractivity contribution in [2.24, 2.45) is 0 Å². The summed E-state index contributed by atoms with van der Waals surface area (Å²) < 4.78 is 0. The third-order valence-electron chi connectivity index (χ3n) is 5.30. The zero-order valence-corrected chi connectivity index (χ0v) is 14.3. The van der Waals surface area contributed by atoms with E-state index in [4.69, 9.17) is 4.98 Å². The summed E-state index contributed by atoms with van der Waals surface area (Å²) >= 11 is 0. The highest BCUT2D eigenvalue weighted by Crippen LogP contribution is 2.32. The van der Waals surface area contributed by atoms with Gasteiger partial charge in [-0.3, -0.25) is 4.98 Å². The van der Waals surface area contributed by atoms with Gasteiger partial charge in [0.05, 0.1) is 11.2 Å². The molecule has 0 radical (unpaired) electrons. The van der Waals surface area contributed by atoms with Gasteiger partial charge in [-0.05, 0) is 30.5 Å². The fourth-order valence-corrected chi connectivity index (χ4v) is 3.88. The van der Waals surface area contributed by atoms with Crippen LogP contribution in [0.1, 0.15) is 32.1 Å². The molecule has 0 amide bonds. The number of anilines is 1. The molecule has 1 heterocycles. The minimum Gasteiger partial charge on any atom is -0.370 e. The number of pyridine rings is 1. The predicted molar refractivity (Wildman–Crippen MR) is 102 cm³/mol. The lowest BCUT2D eigenvalue weighted by Crippen LogP contribution is -2.33. The molecule has 3 aromatic rings. The first-order chi connectivity index (χ1) is 11.8. The van der Waals surface area contributed by atoms with E-state index in [1.54, 1.807) is 0 Å². The van der Waals surface area contributed by atoms with Crippen LogP contribution in [-0.2, 0) is 0 Å². The zero-order chi connectivity index (χ0) is 16.4. The molecule has 2 aromatic carbocycles. The number of fused-ring (bicyclic) bond motifs is 1. The summed E-state index contributed by atoms with van der Waals surface area (Å²) in [5.41, 5.74) is 4.78. The van der Waals surface area contributed by atoms with Crippen molar-refractivity contribution in [3.05, 3.63) is 60.8 Å². The van der Waals surface area contributed by atoms with Crippen molar-refractivity contribution < 1.29 is 0 Å². The van der Waals surface area contributed by atoms with Crippen LogP contribution in [0, 0.1) is 0 Å². The third-order valence-corrected chi connectivity index (χ3v) is 5.30. The van der Waals surface area contributed by atoms with E-state index in [9.17, 15) is 0 Å². The molecular formula is C22H24N2. The fraction of sp³-hybridized carbons (Fsp3) is 0.318. The molecule has 1 aliphatic carbocycles. The average Bonchev–Trinajstić information content (AvgIpc) is 2.68. The first kappa shape index (κ1) is 15.2. The van der Waals surface area contributed by atoms with Crippen molar-refractivity contribution in [2.75, 3.05) is 11.9 Å². The molecule has 0 spiro atoms. The van der Waals surface area contributed by atoms with Crippen molar-refractivity contribution in [2.45, 2.75) is 38.1 Å². The maximum absolute atomic E-state index is 4.83. The summed E-state index contributed by atoms with van der Waals surface area (Å²) in [7, 11) is 2.23. The molecule has 1 saturated carbocycles. The highest BCUT2D eigenvalue weighted by molar-refractivity contribution is 5.93. The molecule has 0 unspecified atom stereocenters. The van der Waals surface area contributed by atoms with Crippen LogP contribution in [-0.4, -0.2) is 18.1 Å². The lowest BCUT2D eigenvalue weighted by atomic mass is 9.94. The van der Waals surface area contributed by atoms with E-state index >= 15 is 0 Å². The van der Waals surface area contributed by atoms with Crippen LogP contribution in [0.25, 0.3) is 22.0 Å². The molecule has 0 atom stereocenters. The predicted octanol–water partition coefficient (Wildman–Crippen LogP) is 5.67. The number of aromatic nitrogens is 1. The van der Waals surface area contributed by atoms with Crippen molar-refractivity contribution in [3.8, 4) is 11.1 Å². The van der Waals surface area contributed by atoms with Crippen LogP contribution >= 0.6 is 0 Å². The number of rotatable bonds is 3. The summed E-state index contributed by atoms with van der Waals surface area (Å²) in [5.74, 6) is 0. The SMILES string of the molecule is CN(c1cccc2cc(-c3ccccc3)cnc12)C1CCCCC1. The Hall–Kier alpha value is -2.35. The van der Waals surface area contributed by atoms with Crippen molar-refractivity contribution in [3.63, 3.8) is 0 Å². The molecule has 2 nitrogen and oxygen atoms in total. The van der Waals surface area contributed by atoms with Gasteiger partial charge in [0, 0.05) is 30.2 Å². The molecule has 0 N–H and O–H groups in total. The van der Waals surface area contributed by atoms with Gasteiger partial charge in [0.25, 0.3) is 0 Å². The number of nitrogens with zero attached hydrogens (tertiary/aromatic N) is 2. The summed E-state index contributed by atoms with van der Waals surface area (Å²) in [4.78, 5) is 7.29. The molecule has 4 rings (SSSR count). The quantitative estimate of drug-likeness (QED) is 0.619. The van der Waals surface area contributed by atoms with Gasteiger partial charge in [-0.1, -0.05) is 61.7 Å². The van der Waals surface area contributed by atoms with Crippen molar-refractivity contribution in [1.29, 1.82) is 0 Å². The van der Waals surface area contributed by atoms with Gasteiger partial charge in [0.15, 0.2) is 0 Å². The number of para-hydroxylation sites is 1. The molecule has 1 fully saturated rings. The van der Waals surface area contributed by atoms with Gasteiger partial charge in [-0.15, -0.1) is 0 Å². The Bertz CT molecular complexity index is 820. The van der Waals surface area contributed by atoms with E-state index in [0.717, 1.165) is 5.52 Å². The largest absolute Gasteiger partial charge is 0.370 e. The van der Waals surface area contributed by atoms with Gasteiger partial charge in [0.2, 0.25) is 0 Å². The van der Waals surface area contributed by atoms with Crippen molar-refractivity contribution >= 4 is 16.6 Å². The summed E-state index contributed by atoms with van der Waals surface area (Å²) in [5, 5.41) is 1.22. The lowest BCUT2D eigenvalue weighted by Gasteiger charge is -2.33. The molecule has 0 aliphatic heterocycles. The minimum atomic E-state index is 0.653. The maximum atomic E-state index is 4.83. The monoisotopic (exact) mass is 316 g/mol. The van der Waals surface area contributed by atoms with Crippen LogP contribution in [0.5, 0.6) is 0 Å². The van der Waals surface area contributed by atoms with Gasteiger partial charge in [-0.25, -0.2) is 0 Å². The van der Waals surface area contributed by atoms with Crippen molar-refractivity contribution in [1.82, 2.24) is 4.98 Å². The molecule has 0 saturated heterocycles. The van der Waals surface area contributed by atoms with E-state index in [0.29, 0.717) is 6.04 Å². The normalized spacial score (nSPS) is 15.5. The van der Waals surface area contributed by atoms with E-state index < -0.39 is 0 Å². The Morgan fingerprint density at radius 3 is 2.46 bits per heavy atom. The second-order valence-corrected chi connectivity index (χ2v) is 6.84. The lowest BCUT2D eigenvalue weighted by molar-refractivity contribution is 0.428. The molecule has 24 heavy (non-hydrogen) atoms. The molecular weight excluding hydrogens is 292 g/mol. The Labute approximate surface area is 144 Å². The van der Waals surface area contributed by atoms with Crippen LogP contribution in [0.3, 0.4) is 0 Å². The Kier molecular flexibility index (Phi) is 4.20. The highest BCUT2D eigenvalue weighted by atomic mass is 15.1.